The second-order valence-electron chi connectivity index (χ2n) is 6.69. The number of ether oxygens (including phenoxy) is 2. The minimum Gasteiger partial charge on any atom is -0.497 e. The van der Waals surface area contributed by atoms with Crippen LogP contribution in [0.5, 0.6) is 11.5 Å². The average molecular weight is 289 g/mol. The van der Waals surface area contributed by atoms with Crippen LogP contribution in [0.4, 0.5) is 0 Å². The van der Waals surface area contributed by atoms with Gasteiger partial charge < -0.3 is 19.5 Å². The first-order chi connectivity index (χ1) is 10.2. The Balaban J connectivity index is 1.63. The van der Waals surface area contributed by atoms with Gasteiger partial charge in [-0.3, -0.25) is 0 Å². The lowest BCUT2D eigenvalue weighted by molar-refractivity contribution is -0.0646. The van der Waals surface area contributed by atoms with E-state index in [-0.39, 0.29) is 5.60 Å². The number of aliphatic hydroxyl groups excluding tert-OH is 1. The van der Waals surface area contributed by atoms with Crippen molar-refractivity contribution in [1.82, 2.24) is 4.90 Å². The van der Waals surface area contributed by atoms with Crippen molar-refractivity contribution in [3.8, 4) is 11.5 Å². The predicted octanol–water partition coefficient (Wildman–Crippen LogP) is 2.51. The molecule has 1 N–H and O–H groups in total. The molecule has 1 aromatic carbocycles. The Morgan fingerprint density at radius 1 is 1.33 bits per heavy atom. The van der Waals surface area contributed by atoms with Gasteiger partial charge >= 0.3 is 0 Å². The molecule has 4 nitrogen and oxygen atoms in total. The van der Waals surface area contributed by atoms with Gasteiger partial charge in [0.2, 0.25) is 0 Å². The third-order valence-electron chi connectivity index (χ3n) is 5.43. The summed E-state index contributed by atoms with van der Waals surface area (Å²) in [6.07, 6.45) is 4.92. The molecule has 0 saturated carbocycles. The van der Waals surface area contributed by atoms with Crippen LogP contribution in [0, 0.1) is 0 Å². The average Bonchev–Trinajstić information content (AvgIpc) is 2.93. The van der Waals surface area contributed by atoms with E-state index >= 15 is 0 Å². The first-order valence-electron chi connectivity index (χ1n) is 7.98. The highest BCUT2D eigenvalue weighted by molar-refractivity contribution is 5.44. The van der Waals surface area contributed by atoms with Crippen molar-refractivity contribution in [3.63, 3.8) is 0 Å². The maximum Gasteiger partial charge on any atom is 0.129 e. The summed E-state index contributed by atoms with van der Waals surface area (Å²) in [6, 6.07) is 6.37. The summed E-state index contributed by atoms with van der Waals surface area (Å²) in [6.45, 7) is 2.32. The van der Waals surface area contributed by atoms with Crippen molar-refractivity contribution < 1.29 is 14.6 Å². The lowest BCUT2D eigenvalue weighted by atomic mass is 9.79. The Hall–Kier alpha value is -1.26. The number of rotatable bonds is 1. The molecule has 0 radical (unpaired) electrons. The lowest BCUT2D eigenvalue weighted by Crippen LogP contribution is -2.52. The van der Waals surface area contributed by atoms with E-state index in [1.54, 1.807) is 7.11 Å². The topological polar surface area (TPSA) is 41.9 Å². The van der Waals surface area contributed by atoms with Gasteiger partial charge in [-0.1, -0.05) is 0 Å². The third-order valence-corrected chi connectivity index (χ3v) is 5.43. The largest absolute Gasteiger partial charge is 0.497 e. The van der Waals surface area contributed by atoms with E-state index in [2.05, 4.69) is 4.90 Å². The molecule has 0 aromatic heterocycles. The van der Waals surface area contributed by atoms with Crippen molar-refractivity contribution in [2.45, 2.75) is 49.9 Å². The highest BCUT2D eigenvalue weighted by Gasteiger charge is 2.47. The highest BCUT2D eigenvalue weighted by atomic mass is 16.5. The molecule has 2 fully saturated rings. The van der Waals surface area contributed by atoms with Gasteiger partial charge in [0.1, 0.15) is 17.1 Å². The van der Waals surface area contributed by atoms with Crippen molar-refractivity contribution in [2.75, 3.05) is 20.2 Å². The first kappa shape index (κ1) is 13.4. The second-order valence-corrected chi connectivity index (χ2v) is 6.69. The van der Waals surface area contributed by atoms with Crippen molar-refractivity contribution in [2.24, 2.45) is 0 Å². The van der Waals surface area contributed by atoms with Crippen molar-refractivity contribution >= 4 is 0 Å². The summed E-state index contributed by atoms with van der Waals surface area (Å²) < 4.78 is 11.7. The van der Waals surface area contributed by atoms with Crippen LogP contribution >= 0.6 is 0 Å². The van der Waals surface area contributed by atoms with Gasteiger partial charge in [-0.15, -0.1) is 0 Å². The summed E-state index contributed by atoms with van der Waals surface area (Å²) in [5.41, 5.74) is 0.708. The number of hydrogen-bond acceptors (Lipinski definition) is 4. The van der Waals surface area contributed by atoms with E-state index in [9.17, 15) is 5.11 Å². The minimum absolute atomic E-state index is 0.190. The third kappa shape index (κ3) is 2.21. The van der Waals surface area contributed by atoms with Gasteiger partial charge in [-0.2, -0.15) is 0 Å². The molecule has 0 amide bonds. The van der Waals surface area contributed by atoms with Crippen LogP contribution in [0.1, 0.15) is 43.8 Å². The summed E-state index contributed by atoms with van der Waals surface area (Å²) in [7, 11) is 1.66. The summed E-state index contributed by atoms with van der Waals surface area (Å²) in [5, 5.41) is 10.5. The molecule has 3 heterocycles. The van der Waals surface area contributed by atoms with Crippen LogP contribution in [0.15, 0.2) is 18.2 Å². The van der Waals surface area contributed by atoms with Gasteiger partial charge in [0, 0.05) is 37.1 Å². The molecule has 0 aliphatic carbocycles. The molecule has 3 aliphatic rings. The molecule has 2 saturated heterocycles. The van der Waals surface area contributed by atoms with E-state index in [1.807, 2.05) is 18.2 Å². The van der Waals surface area contributed by atoms with Crippen LogP contribution in [0.25, 0.3) is 0 Å². The van der Waals surface area contributed by atoms with E-state index in [1.165, 1.54) is 19.4 Å². The molecular weight excluding hydrogens is 266 g/mol. The summed E-state index contributed by atoms with van der Waals surface area (Å²) in [4.78, 5) is 2.59. The maximum absolute atomic E-state index is 10.5. The smallest absolute Gasteiger partial charge is 0.129 e. The minimum atomic E-state index is -0.424. The Morgan fingerprint density at radius 2 is 2.24 bits per heavy atom. The zero-order valence-corrected chi connectivity index (χ0v) is 12.5. The van der Waals surface area contributed by atoms with Crippen LogP contribution in [0.2, 0.25) is 0 Å². The zero-order valence-electron chi connectivity index (χ0n) is 12.5. The molecule has 21 heavy (non-hydrogen) atoms. The van der Waals surface area contributed by atoms with E-state index < -0.39 is 6.10 Å². The molecular formula is C17H23NO3. The molecule has 3 aliphatic heterocycles. The van der Waals surface area contributed by atoms with Gasteiger partial charge in [0.15, 0.2) is 0 Å². The highest BCUT2D eigenvalue weighted by Crippen LogP contribution is 2.47. The molecule has 1 spiro atoms. The molecule has 4 rings (SSSR count). The SMILES string of the molecule is COc1ccc2c(c1)OC1(CCN3CCCC3C1)C[C@H]2O. The van der Waals surface area contributed by atoms with Crippen molar-refractivity contribution in [3.05, 3.63) is 23.8 Å². The van der Waals surface area contributed by atoms with Gasteiger partial charge in [-0.25, -0.2) is 0 Å². The van der Waals surface area contributed by atoms with E-state index in [4.69, 9.17) is 9.47 Å². The summed E-state index contributed by atoms with van der Waals surface area (Å²) >= 11 is 0. The van der Waals surface area contributed by atoms with Crippen LogP contribution in [-0.2, 0) is 0 Å². The fraction of sp³-hybridized carbons (Fsp3) is 0.647. The first-order valence-corrected chi connectivity index (χ1v) is 7.98. The number of piperidine rings is 1. The van der Waals surface area contributed by atoms with Crippen molar-refractivity contribution in [1.29, 1.82) is 0 Å². The zero-order chi connectivity index (χ0) is 14.4. The Kier molecular flexibility index (Phi) is 3.12. The van der Waals surface area contributed by atoms with Crippen LogP contribution < -0.4 is 9.47 Å². The molecule has 0 bridgehead atoms. The number of aliphatic hydroxyl groups is 1. The van der Waals surface area contributed by atoms with E-state index in [0.29, 0.717) is 6.04 Å². The quantitative estimate of drug-likeness (QED) is 0.862. The Bertz CT molecular complexity index is 547. The molecule has 3 atom stereocenters. The van der Waals surface area contributed by atoms with Gasteiger partial charge in [0.05, 0.1) is 13.2 Å². The van der Waals surface area contributed by atoms with Crippen LogP contribution in [-0.4, -0.2) is 41.8 Å². The molecule has 1 aromatic rings. The number of methoxy groups -OCH3 is 1. The number of fused-ring (bicyclic) bond motifs is 2. The second kappa shape index (κ2) is 4.89. The summed E-state index contributed by atoms with van der Waals surface area (Å²) in [5.74, 6) is 1.59. The Morgan fingerprint density at radius 3 is 3.10 bits per heavy atom. The number of hydrogen-bond donors (Lipinski definition) is 1. The van der Waals surface area contributed by atoms with Crippen LogP contribution in [0.3, 0.4) is 0 Å². The molecule has 114 valence electrons. The molecule has 2 unspecified atom stereocenters. The number of nitrogens with zero attached hydrogens (tertiary/aromatic N) is 1. The standard InChI is InChI=1S/C17H23NO3/c1-20-13-4-5-14-15(19)11-17(21-16(14)9-13)6-8-18-7-2-3-12(18)10-17/h4-5,9,12,15,19H,2-3,6-8,10-11H2,1H3/t12?,15-,17?/m1/s1. The van der Waals surface area contributed by atoms with E-state index in [0.717, 1.165) is 42.9 Å². The normalized spacial score (nSPS) is 35.1. The number of benzene rings is 1. The monoisotopic (exact) mass is 289 g/mol. The fourth-order valence-electron chi connectivity index (χ4n) is 4.32. The fourth-order valence-corrected chi connectivity index (χ4v) is 4.32. The Labute approximate surface area is 125 Å². The van der Waals surface area contributed by atoms with Gasteiger partial charge in [-0.05, 0) is 37.9 Å². The predicted molar refractivity (Wildman–Crippen MR) is 79.8 cm³/mol. The lowest BCUT2D eigenvalue weighted by Gasteiger charge is -2.47. The van der Waals surface area contributed by atoms with Gasteiger partial charge in [0.25, 0.3) is 0 Å². The molecule has 4 heteroatoms. The maximum atomic E-state index is 10.5.